The van der Waals surface area contributed by atoms with Crippen LogP contribution < -0.4 is 10.6 Å². The number of likely N-dealkylation sites (tertiary alicyclic amines) is 1. The maximum atomic E-state index is 12.5. The van der Waals surface area contributed by atoms with Gasteiger partial charge >= 0.3 is 0 Å². The lowest BCUT2D eigenvalue weighted by Crippen LogP contribution is -2.34. The molecule has 1 aliphatic carbocycles. The van der Waals surface area contributed by atoms with Gasteiger partial charge in [-0.15, -0.1) is 11.3 Å². The lowest BCUT2D eigenvalue weighted by atomic mass is 9.81. The Labute approximate surface area is 178 Å². The van der Waals surface area contributed by atoms with Crippen LogP contribution in [0.1, 0.15) is 41.8 Å². The molecule has 1 saturated carbocycles. The third-order valence-corrected chi connectivity index (χ3v) is 6.51. The molecule has 0 radical (unpaired) electrons. The monoisotopic (exact) mass is 425 g/mol. The zero-order chi connectivity index (χ0) is 21.1. The molecule has 2 heterocycles. The maximum absolute atomic E-state index is 12.5. The van der Waals surface area contributed by atoms with Crippen LogP contribution >= 0.6 is 11.3 Å². The summed E-state index contributed by atoms with van der Waals surface area (Å²) < 4.78 is 0. The molecule has 7 nitrogen and oxygen atoms in total. The van der Waals surface area contributed by atoms with Gasteiger partial charge in [0.2, 0.25) is 17.7 Å². The Morgan fingerprint density at radius 2 is 1.63 bits per heavy atom. The number of benzene rings is 1. The van der Waals surface area contributed by atoms with Crippen LogP contribution in [0.25, 0.3) is 0 Å². The molecular weight excluding hydrogens is 402 g/mol. The lowest BCUT2D eigenvalue weighted by molar-refractivity contribution is -0.140. The van der Waals surface area contributed by atoms with E-state index in [-0.39, 0.29) is 48.4 Å². The van der Waals surface area contributed by atoms with Gasteiger partial charge in [0.1, 0.15) is 0 Å². The summed E-state index contributed by atoms with van der Waals surface area (Å²) in [4.78, 5) is 51.4. The van der Waals surface area contributed by atoms with Crippen molar-refractivity contribution in [2.75, 3.05) is 17.2 Å². The van der Waals surface area contributed by atoms with Crippen LogP contribution in [-0.2, 0) is 14.4 Å². The average molecular weight is 426 g/mol. The number of carbonyl (C=O) groups is 4. The summed E-state index contributed by atoms with van der Waals surface area (Å²) in [6.07, 6.45) is 3.54. The normalized spacial score (nSPS) is 20.7. The van der Waals surface area contributed by atoms with Gasteiger partial charge in [-0.05, 0) is 42.5 Å². The molecule has 4 rings (SSSR count). The van der Waals surface area contributed by atoms with E-state index < -0.39 is 0 Å². The predicted octanol–water partition coefficient (Wildman–Crippen LogP) is 3.50. The summed E-state index contributed by atoms with van der Waals surface area (Å²) in [5, 5.41) is 7.40. The smallest absolute Gasteiger partial charge is 0.265 e. The molecule has 1 aromatic carbocycles. The van der Waals surface area contributed by atoms with Gasteiger partial charge in [0.05, 0.1) is 16.7 Å². The number of rotatable bonds is 6. The molecular formula is C22H23N3O4S. The highest BCUT2D eigenvalue weighted by Crippen LogP contribution is 2.38. The third kappa shape index (κ3) is 4.28. The van der Waals surface area contributed by atoms with E-state index in [4.69, 9.17) is 0 Å². The van der Waals surface area contributed by atoms with Gasteiger partial charge in [-0.2, -0.15) is 0 Å². The van der Waals surface area contributed by atoms with E-state index in [0.29, 0.717) is 16.3 Å². The molecule has 1 saturated heterocycles. The average Bonchev–Trinajstić information content (AvgIpc) is 3.36. The van der Waals surface area contributed by atoms with E-state index in [1.54, 1.807) is 36.4 Å². The number of nitrogens with zero attached hydrogens (tertiary/aromatic N) is 1. The molecule has 2 N–H and O–H groups in total. The van der Waals surface area contributed by atoms with Crippen molar-refractivity contribution < 1.29 is 19.2 Å². The first kappa shape index (κ1) is 20.3. The second-order valence-corrected chi connectivity index (χ2v) is 8.58. The molecule has 1 aromatic heterocycles. The topological polar surface area (TPSA) is 95.6 Å². The van der Waals surface area contributed by atoms with Crippen LogP contribution in [0.15, 0.2) is 41.8 Å². The quantitative estimate of drug-likeness (QED) is 0.693. The molecule has 4 amide bonds. The minimum Gasteiger partial charge on any atom is -0.326 e. The van der Waals surface area contributed by atoms with E-state index in [1.807, 2.05) is 5.38 Å². The number of carbonyl (C=O) groups excluding carboxylic acids is 4. The number of amides is 4. The number of fused-ring (bicyclic) bond motifs is 1. The zero-order valence-corrected chi connectivity index (χ0v) is 17.2. The molecule has 2 aliphatic rings. The molecule has 2 aromatic rings. The van der Waals surface area contributed by atoms with Gasteiger partial charge < -0.3 is 10.6 Å². The van der Waals surface area contributed by atoms with Crippen molar-refractivity contribution in [2.24, 2.45) is 11.8 Å². The standard InChI is InChI=1S/C22H23N3O4S/c26-19(10-11-25-21(28)16-7-1-2-8-17(16)22(25)29)23-14-5-3-6-15(13-14)24-20(27)18-9-4-12-30-18/h3-6,9,12-13,16-17H,1-2,7-8,10-11H2,(H,23,26)(H,24,27). The van der Waals surface area contributed by atoms with E-state index in [2.05, 4.69) is 10.6 Å². The lowest BCUT2D eigenvalue weighted by Gasteiger charge is -2.19. The van der Waals surface area contributed by atoms with Crippen molar-refractivity contribution in [3.8, 4) is 0 Å². The van der Waals surface area contributed by atoms with E-state index in [0.717, 1.165) is 25.7 Å². The fourth-order valence-electron chi connectivity index (χ4n) is 4.16. The van der Waals surface area contributed by atoms with E-state index in [9.17, 15) is 19.2 Å². The highest BCUT2D eigenvalue weighted by Gasteiger charge is 2.47. The fourth-order valence-corrected chi connectivity index (χ4v) is 4.78. The van der Waals surface area contributed by atoms with Gasteiger partial charge in [0.25, 0.3) is 5.91 Å². The second kappa shape index (κ2) is 8.79. The van der Waals surface area contributed by atoms with E-state index in [1.165, 1.54) is 16.2 Å². The first-order valence-corrected chi connectivity index (χ1v) is 11.0. The minimum absolute atomic E-state index is 0.0443. The zero-order valence-electron chi connectivity index (χ0n) is 16.4. The maximum Gasteiger partial charge on any atom is 0.265 e. The van der Waals surface area contributed by atoms with Crippen molar-refractivity contribution in [2.45, 2.75) is 32.1 Å². The Morgan fingerprint density at radius 3 is 2.27 bits per heavy atom. The number of hydrogen-bond acceptors (Lipinski definition) is 5. The number of anilines is 2. The van der Waals surface area contributed by atoms with Gasteiger partial charge in [0, 0.05) is 24.3 Å². The Bertz CT molecular complexity index is 949. The number of nitrogens with one attached hydrogen (secondary N) is 2. The van der Waals surface area contributed by atoms with Crippen LogP contribution in [0.2, 0.25) is 0 Å². The molecule has 2 fully saturated rings. The molecule has 30 heavy (non-hydrogen) atoms. The van der Waals surface area contributed by atoms with Gasteiger partial charge in [0.15, 0.2) is 0 Å². The molecule has 8 heteroatoms. The summed E-state index contributed by atoms with van der Waals surface area (Å²) in [7, 11) is 0. The summed E-state index contributed by atoms with van der Waals surface area (Å²) in [6.45, 7) is 0.102. The van der Waals surface area contributed by atoms with E-state index >= 15 is 0 Å². The highest BCUT2D eigenvalue weighted by molar-refractivity contribution is 7.12. The third-order valence-electron chi connectivity index (χ3n) is 5.64. The number of imide groups is 1. The largest absolute Gasteiger partial charge is 0.326 e. The Kier molecular flexibility index (Phi) is 5.94. The number of thiophene rings is 1. The predicted molar refractivity (Wildman–Crippen MR) is 114 cm³/mol. The van der Waals surface area contributed by atoms with Crippen LogP contribution in [0.5, 0.6) is 0 Å². The van der Waals surface area contributed by atoms with Crippen LogP contribution in [0, 0.1) is 11.8 Å². The molecule has 0 bridgehead atoms. The van der Waals surface area contributed by atoms with Crippen molar-refractivity contribution in [3.05, 3.63) is 46.7 Å². The Balaban J connectivity index is 1.31. The van der Waals surface area contributed by atoms with Crippen molar-refractivity contribution in [1.82, 2.24) is 4.90 Å². The summed E-state index contributed by atoms with van der Waals surface area (Å²) in [6, 6.07) is 10.4. The van der Waals surface area contributed by atoms with Gasteiger partial charge in [-0.3, -0.25) is 24.1 Å². The first-order chi connectivity index (χ1) is 14.5. The molecule has 0 spiro atoms. The second-order valence-electron chi connectivity index (χ2n) is 7.64. The molecule has 2 atom stereocenters. The fraction of sp³-hybridized carbons (Fsp3) is 0.364. The SMILES string of the molecule is O=C(CCN1C(=O)C2CCCCC2C1=O)Nc1cccc(NC(=O)c2cccs2)c1. The van der Waals surface area contributed by atoms with Crippen molar-refractivity contribution in [3.63, 3.8) is 0 Å². The summed E-state index contributed by atoms with van der Waals surface area (Å²) in [5.41, 5.74) is 1.11. The van der Waals surface area contributed by atoms with Crippen molar-refractivity contribution >= 4 is 46.3 Å². The molecule has 2 unspecified atom stereocenters. The summed E-state index contributed by atoms with van der Waals surface area (Å²) in [5.74, 6) is -1.14. The molecule has 156 valence electrons. The first-order valence-electron chi connectivity index (χ1n) is 10.1. The number of hydrogen-bond donors (Lipinski definition) is 2. The van der Waals surface area contributed by atoms with Crippen LogP contribution in [-0.4, -0.2) is 35.1 Å². The van der Waals surface area contributed by atoms with Gasteiger partial charge in [-0.1, -0.05) is 25.0 Å². The van der Waals surface area contributed by atoms with Gasteiger partial charge in [-0.25, -0.2) is 0 Å². The Morgan fingerprint density at radius 1 is 0.967 bits per heavy atom. The Hall–Kier alpha value is -3.00. The van der Waals surface area contributed by atoms with Crippen LogP contribution in [0.4, 0.5) is 11.4 Å². The highest BCUT2D eigenvalue weighted by atomic mass is 32.1. The molecule has 1 aliphatic heterocycles. The van der Waals surface area contributed by atoms with Crippen molar-refractivity contribution in [1.29, 1.82) is 0 Å². The summed E-state index contributed by atoms with van der Waals surface area (Å²) >= 11 is 1.35. The van der Waals surface area contributed by atoms with Crippen LogP contribution in [0.3, 0.4) is 0 Å². The minimum atomic E-state index is -0.285.